The van der Waals surface area contributed by atoms with Gasteiger partial charge in [-0.15, -0.1) is 0 Å². The van der Waals surface area contributed by atoms with E-state index in [4.69, 9.17) is 52.2 Å². The Bertz CT molecular complexity index is 381. The molecule has 72 valence electrons. The van der Waals surface area contributed by atoms with Crippen molar-refractivity contribution in [3.63, 3.8) is 0 Å². The van der Waals surface area contributed by atoms with Crippen molar-refractivity contribution in [3.05, 3.63) is 25.7 Å². The molecule has 0 amide bonds. The summed E-state index contributed by atoms with van der Waals surface area (Å²) in [7, 11) is 0. The number of halogens is 4. The van der Waals surface area contributed by atoms with Gasteiger partial charge < -0.3 is 11.0 Å². The van der Waals surface area contributed by atoms with Crippen molar-refractivity contribution in [2.45, 2.75) is 0 Å². The highest BCUT2D eigenvalue weighted by Gasteiger charge is 2.15. The Morgan fingerprint density at radius 1 is 1.08 bits per heavy atom. The first-order chi connectivity index (χ1) is 6.00. The highest BCUT2D eigenvalue weighted by atomic mass is 35.5. The van der Waals surface area contributed by atoms with Crippen LogP contribution in [0.25, 0.3) is 0 Å². The summed E-state index contributed by atoms with van der Waals surface area (Å²) in [5, 5.41) is 12.1. The molecule has 0 atom stereocenters. The van der Waals surface area contributed by atoms with E-state index in [9.17, 15) is 5.21 Å². The van der Waals surface area contributed by atoms with Crippen molar-refractivity contribution in [2.24, 2.45) is 10.9 Å². The number of nitrogens with two attached hydrogens (primary N) is 1. The summed E-state index contributed by atoms with van der Waals surface area (Å²) in [6.45, 7) is 0. The quantitative estimate of drug-likeness (QED) is 0.326. The smallest absolute Gasteiger partial charge is 0.208 e. The average molecular weight is 263 g/mol. The van der Waals surface area contributed by atoms with E-state index in [1.165, 1.54) is 0 Å². The minimum absolute atomic E-state index is 0.0113. The molecule has 0 radical (unpaired) electrons. The molecule has 0 bridgehead atoms. The van der Waals surface area contributed by atoms with Gasteiger partial charge in [0.1, 0.15) is 5.02 Å². The molecule has 0 aliphatic rings. The second-order valence-electron chi connectivity index (χ2n) is 2.00. The largest absolute Gasteiger partial charge is 0.425 e. The van der Waals surface area contributed by atoms with Crippen LogP contribution in [0.15, 0.2) is 5.10 Å². The van der Waals surface area contributed by atoms with Gasteiger partial charge in [0.25, 0.3) is 0 Å². The summed E-state index contributed by atoms with van der Waals surface area (Å²) >= 11 is 22.5. The zero-order valence-electron chi connectivity index (χ0n) is 5.93. The van der Waals surface area contributed by atoms with Crippen LogP contribution in [0, 0.1) is 0 Å². The van der Waals surface area contributed by atoms with E-state index in [0.29, 0.717) is 4.73 Å². The van der Waals surface area contributed by atoms with Gasteiger partial charge in [-0.25, -0.2) is 0 Å². The summed E-state index contributed by atoms with van der Waals surface area (Å²) in [6.07, 6.45) is 0. The SMILES string of the molecule is NN=c1c(Cl)c(Cl)c(Cl)c(Cl)n1O. The predicted molar refractivity (Wildman–Crippen MR) is 51.4 cm³/mol. The van der Waals surface area contributed by atoms with Crippen LogP contribution in [-0.4, -0.2) is 9.94 Å². The molecule has 1 rings (SSSR count). The van der Waals surface area contributed by atoms with E-state index in [1.807, 2.05) is 0 Å². The first-order valence-corrected chi connectivity index (χ1v) is 4.40. The van der Waals surface area contributed by atoms with Gasteiger partial charge in [0.15, 0.2) is 5.15 Å². The van der Waals surface area contributed by atoms with Crippen LogP contribution in [0.4, 0.5) is 0 Å². The van der Waals surface area contributed by atoms with Gasteiger partial charge in [0, 0.05) is 0 Å². The van der Waals surface area contributed by atoms with Crippen LogP contribution in [-0.2, 0) is 0 Å². The summed E-state index contributed by atoms with van der Waals surface area (Å²) in [5.41, 5.74) is -0.166. The van der Waals surface area contributed by atoms with Crippen molar-refractivity contribution < 1.29 is 5.21 Å². The highest BCUT2D eigenvalue weighted by molar-refractivity contribution is 6.51. The molecule has 1 heterocycles. The van der Waals surface area contributed by atoms with Crippen molar-refractivity contribution in [2.75, 3.05) is 0 Å². The second kappa shape index (κ2) is 3.84. The third-order valence-corrected chi connectivity index (χ3v) is 3.01. The van der Waals surface area contributed by atoms with Crippen molar-refractivity contribution in [1.29, 1.82) is 0 Å². The fraction of sp³-hybridized carbons (Fsp3) is 0. The molecule has 0 aliphatic heterocycles. The molecule has 1 aromatic heterocycles. The van der Waals surface area contributed by atoms with Crippen molar-refractivity contribution in [1.82, 2.24) is 4.73 Å². The van der Waals surface area contributed by atoms with Gasteiger partial charge in [-0.05, 0) is 0 Å². The maximum absolute atomic E-state index is 9.27. The molecule has 0 fully saturated rings. The molecule has 0 spiro atoms. The van der Waals surface area contributed by atoms with E-state index in [2.05, 4.69) is 5.10 Å². The lowest BCUT2D eigenvalue weighted by Gasteiger charge is -2.06. The van der Waals surface area contributed by atoms with Crippen LogP contribution in [0.1, 0.15) is 0 Å². The number of aromatic nitrogens is 1. The first-order valence-electron chi connectivity index (χ1n) is 2.88. The summed E-state index contributed by atoms with van der Waals surface area (Å²) in [6, 6.07) is 0. The van der Waals surface area contributed by atoms with E-state index in [0.717, 1.165) is 0 Å². The second-order valence-corrected chi connectivity index (χ2v) is 3.49. The molecular weight excluding hydrogens is 260 g/mol. The van der Waals surface area contributed by atoms with Crippen LogP contribution < -0.4 is 11.3 Å². The zero-order chi connectivity index (χ0) is 10.2. The maximum Gasteiger partial charge on any atom is 0.208 e. The van der Waals surface area contributed by atoms with E-state index >= 15 is 0 Å². The molecule has 1 aromatic rings. The molecular formula is C5H3Cl4N3O. The van der Waals surface area contributed by atoms with Crippen LogP contribution >= 0.6 is 46.4 Å². The Balaban J connectivity index is 3.78. The number of hydrogen-bond donors (Lipinski definition) is 2. The number of rotatable bonds is 0. The Morgan fingerprint density at radius 2 is 1.62 bits per heavy atom. The number of pyridine rings is 1. The molecule has 8 heteroatoms. The van der Waals surface area contributed by atoms with E-state index < -0.39 is 0 Å². The number of nitrogens with zero attached hydrogens (tertiary/aromatic N) is 2. The topological polar surface area (TPSA) is 63.5 Å². The van der Waals surface area contributed by atoms with Gasteiger partial charge in [-0.1, -0.05) is 46.4 Å². The fourth-order valence-electron chi connectivity index (χ4n) is 0.675. The summed E-state index contributed by atoms with van der Waals surface area (Å²) in [4.78, 5) is 0. The number of hydrogen-bond acceptors (Lipinski definition) is 3. The Hall–Kier alpha value is -0.290. The minimum atomic E-state index is -0.208. The lowest BCUT2D eigenvalue weighted by atomic mass is 10.5. The van der Waals surface area contributed by atoms with Gasteiger partial charge in [-0.3, -0.25) is 0 Å². The summed E-state index contributed by atoms with van der Waals surface area (Å²) < 4.78 is 0.443. The van der Waals surface area contributed by atoms with Crippen LogP contribution in [0.2, 0.25) is 20.2 Å². The summed E-state index contributed by atoms with van der Waals surface area (Å²) in [5.74, 6) is 4.94. The Kier molecular flexibility index (Phi) is 3.18. The van der Waals surface area contributed by atoms with Crippen molar-refractivity contribution in [3.8, 4) is 0 Å². The monoisotopic (exact) mass is 261 g/mol. The molecule has 0 saturated heterocycles. The Morgan fingerprint density at radius 3 is 2.08 bits per heavy atom. The van der Waals surface area contributed by atoms with Gasteiger partial charge in [-0.2, -0.15) is 9.83 Å². The van der Waals surface area contributed by atoms with Crippen molar-refractivity contribution >= 4 is 46.4 Å². The standard InChI is InChI=1S/C5H3Cl4N3O/c6-1-2(7)4(9)12(13)5(11-10)3(1)8/h13H,10H2. The molecule has 0 aromatic carbocycles. The molecule has 3 N–H and O–H groups in total. The minimum Gasteiger partial charge on any atom is -0.425 e. The molecule has 4 nitrogen and oxygen atoms in total. The lowest BCUT2D eigenvalue weighted by molar-refractivity contribution is 0.172. The van der Waals surface area contributed by atoms with E-state index in [1.54, 1.807) is 0 Å². The van der Waals surface area contributed by atoms with E-state index in [-0.39, 0.29) is 25.7 Å². The normalized spacial score (nSPS) is 12.2. The van der Waals surface area contributed by atoms with Gasteiger partial charge >= 0.3 is 0 Å². The maximum atomic E-state index is 9.27. The zero-order valence-corrected chi connectivity index (χ0v) is 8.95. The average Bonchev–Trinajstić information content (AvgIpc) is 2.13. The fourth-order valence-corrected chi connectivity index (χ4v) is 1.52. The molecule has 13 heavy (non-hydrogen) atoms. The third kappa shape index (κ3) is 1.67. The van der Waals surface area contributed by atoms with Crippen LogP contribution in [0.5, 0.6) is 0 Å². The van der Waals surface area contributed by atoms with Gasteiger partial charge in [0.05, 0.1) is 10.0 Å². The first kappa shape index (κ1) is 10.8. The lowest BCUT2D eigenvalue weighted by Crippen LogP contribution is -2.23. The highest BCUT2D eigenvalue weighted by Crippen LogP contribution is 2.32. The third-order valence-electron chi connectivity index (χ3n) is 1.27. The Labute approximate surface area is 93.0 Å². The van der Waals surface area contributed by atoms with Gasteiger partial charge in [0.2, 0.25) is 5.49 Å². The molecule has 0 saturated carbocycles. The molecule has 0 unspecified atom stereocenters. The van der Waals surface area contributed by atoms with Crippen LogP contribution in [0.3, 0.4) is 0 Å². The molecule has 0 aliphatic carbocycles. The predicted octanol–water partition coefficient (Wildman–Crippen LogP) is 2.11.